The maximum absolute atomic E-state index is 13.2. The SMILES string of the molecule is COc1ccc(-c2noc(CN(C(=O)c3ccc(C)cc3C)C(C)C)n2)cc1OC. The van der Waals surface area contributed by atoms with Gasteiger partial charge in [0.05, 0.1) is 14.2 Å². The Morgan fingerprint density at radius 2 is 1.80 bits per heavy atom. The first-order valence-electron chi connectivity index (χ1n) is 9.77. The van der Waals surface area contributed by atoms with E-state index in [4.69, 9.17) is 14.0 Å². The number of rotatable bonds is 7. The highest BCUT2D eigenvalue weighted by atomic mass is 16.5. The first-order valence-corrected chi connectivity index (χ1v) is 9.77. The van der Waals surface area contributed by atoms with E-state index in [0.717, 1.165) is 16.7 Å². The van der Waals surface area contributed by atoms with Crippen molar-refractivity contribution in [2.75, 3.05) is 14.2 Å². The number of ether oxygens (including phenoxy) is 2. The summed E-state index contributed by atoms with van der Waals surface area (Å²) >= 11 is 0. The second kappa shape index (κ2) is 8.98. The highest BCUT2D eigenvalue weighted by molar-refractivity contribution is 5.95. The van der Waals surface area contributed by atoms with Crippen molar-refractivity contribution in [2.24, 2.45) is 0 Å². The van der Waals surface area contributed by atoms with Gasteiger partial charge >= 0.3 is 0 Å². The van der Waals surface area contributed by atoms with Crippen molar-refractivity contribution in [1.82, 2.24) is 15.0 Å². The molecule has 1 aromatic heterocycles. The average Bonchev–Trinajstić information content (AvgIpc) is 3.19. The van der Waals surface area contributed by atoms with Crippen LogP contribution in [0.2, 0.25) is 0 Å². The summed E-state index contributed by atoms with van der Waals surface area (Å²) in [5.41, 5.74) is 3.48. The molecule has 0 aliphatic heterocycles. The van der Waals surface area contributed by atoms with Gasteiger partial charge in [0.1, 0.15) is 6.54 Å². The van der Waals surface area contributed by atoms with Gasteiger partial charge in [-0.1, -0.05) is 22.9 Å². The lowest BCUT2D eigenvalue weighted by molar-refractivity contribution is 0.0666. The first kappa shape index (κ1) is 21.4. The minimum Gasteiger partial charge on any atom is -0.493 e. The van der Waals surface area contributed by atoms with Gasteiger partial charge in [0, 0.05) is 17.2 Å². The van der Waals surface area contributed by atoms with Gasteiger partial charge in [-0.25, -0.2) is 0 Å². The third kappa shape index (κ3) is 4.45. The minimum atomic E-state index is -0.0617. The number of aromatic nitrogens is 2. The van der Waals surface area contributed by atoms with Crippen LogP contribution in [0.1, 0.15) is 41.2 Å². The lowest BCUT2D eigenvalue weighted by Crippen LogP contribution is -2.36. The van der Waals surface area contributed by atoms with E-state index in [0.29, 0.717) is 28.8 Å². The van der Waals surface area contributed by atoms with Crippen LogP contribution >= 0.6 is 0 Å². The smallest absolute Gasteiger partial charge is 0.254 e. The van der Waals surface area contributed by atoms with E-state index in [1.54, 1.807) is 31.3 Å². The van der Waals surface area contributed by atoms with Gasteiger partial charge in [-0.05, 0) is 57.5 Å². The Kier molecular flexibility index (Phi) is 6.40. The molecule has 0 bridgehead atoms. The molecule has 0 saturated heterocycles. The predicted octanol–water partition coefficient (Wildman–Crippen LogP) is 4.42. The van der Waals surface area contributed by atoms with Crippen molar-refractivity contribution in [2.45, 2.75) is 40.3 Å². The van der Waals surface area contributed by atoms with Crippen molar-refractivity contribution in [3.05, 3.63) is 59.0 Å². The molecule has 0 spiro atoms. The minimum absolute atomic E-state index is 0.0327. The number of aryl methyl sites for hydroxylation is 2. The highest BCUT2D eigenvalue weighted by Crippen LogP contribution is 2.31. The van der Waals surface area contributed by atoms with Crippen molar-refractivity contribution in [3.63, 3.8) is 0 Å². The van der Waals surface area contributed by atoms with Gasteiger partial charge < -0.3 is 18.9 Å². The van der Waals surface area contributed by atoms with Crippen LogP contribution in [0.15, 0.2) is 40.9 Å². The maximum Gasteiger partial charge on any atom is 0.254 e. The monoisotopic (exact) mass is 409 g/mol. The van der Waals surface area contributed by atoms with Crippen molar-refractivity contribution in [3.8, 4) is 22.9 Å². The fourth-order valence-corrected chi connectivity index (χ4v) is 3.25. The number of hydrogen-bond acceptors (Lipinski definition) is 6. The van der Waals surface area contributed by atoms with E-state index < -0.39 is 0 Å². The average molecular weight is 409 g/mol. The topological polar surface area (TPSA) is 77.7 Å². The van der Waals surface area contributed by atoms with Crippen LogP contribution in [0.3, 0.4) is 0 Å². The van der Waals surface area contributed by atoms with E-state index in [9.17, 15) is 4.79 Å². The zero-order valence-electron chi connectivity index (χ0n) is 18.2. The molecule has 0 aliphatic rings. The molecule has 0 saturated carbocycles. The summed E-state index contributed by atoms with van der Waals surface area (Å²) in [6.07, 6.45) is 0. The quantitative estimate of drug-likeness (QED) is 0.575. The van der Waals surface area contributed by atoms with Crippen LogP contribution in [0.25, 0.3) is 11.4 Å². The van der Waals surface area contributed by atoms with Crippen LogP contribution in [-0.2, 0) is 6.54 Å². The summed E-state index contributed by atoms with van der Waals surface area (Å²) in [5.74, 6) is 1.93. The molecule has 0 N–H and O–H groups in total. The van der Waals surface area contributed by atoms with E-state index >= 15 is 0 Å². The molecule has 3 aromatic rings. The van der Waals surface area contributed by atoms with E-state index in [1.165, 1.54) is 0 Å². The fraction of sp³-hybridized carbons (Fsp3) is 0.348. The highest BCUT2D eigenvalue weighted by Gasteiger charge is 2.23. The van der Waals surface area contributed by atoms with Crippen LogP contribution in [0.4, 0.5) is 0 Å². The zero-order chi connectivity index (χ0) is 21.8. The van der Waals surface area contributed by atoms with E-state index in [-0.39, 0.29) is 18.5 Å². The van der Waals surface area contributed by atoms with Gasteiger partial charge in [0.2, 0.25) is 11.7 Å². The number of methoxy groups -OCH3 is 2. The number of carbonyl (C=O) groups is 1. The van der Waals surface area contributed by atoms with Gasteiger partial charge in [0.25, 0.3) is 5.91 Å². The summed E-state index contributed by atoms with van der Waals surface area (Å²) in [6.45, 7) is 8.11. The second-order valence-electron chi connectivity index (χ2n) is 7.43. The van der Waals surface area contributed by atoms with Crippen LogP contribution in [0.5, 0.6) is 11.5 Å². The summed E-state index contributed by atoms with van der Waals surface area (Å²) in [4.78, 5) is 19.4. The predicted molar refractivity (Wildman–Crippen MR) is 114 cm³/mol. The molecule has 158 valence electrons. The van der Waals surface area contributed by atoms with E-state index in [1.807, 2.05) is 52.0 Å². The van der Waals surface area contributed by atoms with Crippen LogP contribution < -0.4 is 9.47 Å². The van der Waals surface area contributed by atoms with Gasteiger partial charge in [-0.15, -0.1) is 0 Å². The summed E-state index contributed by atoms with van der Waals surface area (Å²) in [7, 11) is 3.15. The number of nitrogens with zero attached hydrogens (tertiary/aromatic N) is 3. The van der Waals surface area contributed by atoms with Gasteiger partial charge in [-0.3, -0.25) is 4.79 Å². The van der Waals surface area contributed by atoms with Crippen molar-refractivity contribution >= 4 is 5.91 Å². The number of hydrogen-bond donors (Lipinski definition) is 0. The lowest BCUT2D eigenvalue weighted by atomic mass is 10.0. The van der Waals surface area contributed by atoms with Crippen LogP contribution in [0, 0.1) is 13.8 Å². The fourth-order valence-electron chi connectivity index (χ4n) is 3.25. The second-order valence-corrected chi connectivity index (χ2v) is 7.43. The zero-order valence-corrected chi connectivity index (χ0v) is 18.2. The van der Waals surface area contributed by atoms with Gasteiger partial charge in [-0.2, -0.15) is 4.98 Å². The molecule has 3 rings (SSSR count). The maximum atomic E-state index is 13.2. The number of carbonyl (C=O) groups excluding carboxylic acids is 1. The van der Waals surface area contributed by atoms with Crippen molar-refractivity contribution < 1.29 is 18.8 Å². The Morgan fingerprint density at radius 3 is 2.43 bits per heavy atom. The largest absolute Gasteiger partial charge is 0.493 e. The summed E-state index contributed by atoms with van der Waals surface area (Å²) in [6, 6.07) is 11.2. The third-order valence-electron chi connectivity index (χ3n) is 4.91. The summed E-state index contributed by atoms with van der Waals surface area (Å²) in [5, 5.41) is 4.07. The Balaban J connectivity index is 1.84. The standard InChI is InChI=1S/C23H27N3O4/c1-14(2)26(23(27)18-9-7-15(3)11-16(18)4)13-21-24-22(25-30-21)17-8-10-19(28-5)20(12-17)29-6/h7-12,14H,13H2,1-6H3. The molecule has 30 heavy (non-hydrogen) atoms. The molecule has 0 fully saturated rings. The number of amides is 1. The Labute approximate surface area is 176 Å². The molecule has 0 atom stereocenters. The molecule has 7 nitrogen and oxygen atoms in total. The first-order chi connectivity index (χ1) is 14.3. The molecular formula is C23H27N3O4. The normalized spacial score (nSPS) is 10.9. The Bertz CT molecular complexity index is 1040. The molecule has 0 unspecified atom stereocenters. The third-order valence-corrected chi connectivity index (χ3v) is 4.91. The van der Waals surface area contributed by atoms with Gasteiger partial charge in [0.15, 0.2) is 11.5 Å². The molecule has 1 amide bonds. The van der Waals surface area contributed by atoms with Crippen molar-refractivity contribution in [1.29, 1.82) is 0 Å². The molecule has 0 radical (unpaired) electrons. The molecule has 7 heteroatoms. The lowest BCUT2D eigenvalue weighted by Gasteiger charge is -2.26. The van der Waals surface area contributed by atoms with Crippen LogP contribution in [-0.4, -0.2) is 41.2 Å². The Morgan fingerprint density at radius 1 is 1.07 bits per heavy atom. The molecular weight excluding hydrogens is 382 g/mol. The summed E-state index contributed by atoms with van der Waals surface area (Å²) < 4.78 is 16.0. The van der Waals surface area contributed by atoms with E-state index in [2.05, 4.69) is 10.1 Å². The molecule has 2 aromatic carbocycles. The Hall–Kier alpha value is -3.35. The molecule has 1 heterocycles. The number of benzene rings is 2. The molecule has 0 aliphatic carbocycles.